The number of nitrogens with two attached hydrogens (primary N) is 1. The van der Waals surface area contributed by atoms with Crippen molar-refractivity contribution in [3.8, 4) is 0 Å². The Morgan fingerprint density at radius 2 is 2.00 bits per heavy atom. The lowest BCUT2D eigenvalue weighted by molar-refractivity contribution is -0.140. The molecule has 1 aromatic rings. The lowest BCUT2D eigenvalue weighted by Gasteiger charge is -2.38. The Morgan fingerprint density at radius 3 is 2.53 bits per heavy atom. The van der Waals surface area contributed by atoms with Gasteiger partial charge >= 0.3 is 6.18 Å². The highest BCUT2D eigenvalue weighted by molar-refractivity contribution is 5.95. The zero-order valence-corrected chi connectivity index (χ0v) is 9.88. The average Bonchev–Trinajstić information content (AvgIpc) is 2.26. The normalized spacial score (nSPS) is 16.4. The largest absolute Gasteiger partial charge is 0.419 e. The van der Waals surface area contributed by atoms with Gasteiger partial charge in [0.15, 0.2) is 0 Å². The molecule has 0 unspecified atom stereocenters. The van der Waals surface area contributed by atoms with Gasteiger partial charge in [-0.2, -0.15) is 13.2 Å². The molecule has 0 aromatic heterocycles. The van der Waals surface area contributed by atoms with Crippen molar-refractivity contribution in [2.75, 3.05) is 19.6 Å². The van der Waals surface area contributed by atoms with Gasteiger partial charge in [-0.25, -0.2) is 4.39 Å². The van der Waals surface area contributed by atoms with Gasteiger partial charge in [0.1, 0.15) is 5.82 Å². The Labute approximate surface area is 107 Å². The zero-order valence-electron chi connectivity index (χ0n) is 9.88. The standard InChI is InChI=1S/C12H12F4N2O/c13-10-8(2-1-3-9(10)12(14,15)16)11(19)18-5-7(4-17)6-18/h1-3,7H,4-6,17H2. The molecule has 7 heteroatoms. The van der Waals surface area contributed by atoms with Gasteiger partial charge in [-0.1, -0.05) is 6.07 Å². The molecule has 1 aromatic carbocycles. The molecule has 0 atom stereocenters. The van der Waals surface area contributed by atoms with Gasteiger partial charge in [-0.3, -0.25) is 4.79 Å². The first-order valence-corrected chi connectivity index (χ1v) is 5.69. The second kappa shape index (κ2) is 4.80. The number of hydrogen-bond donors (Lipinski definition) is 1. The van der Waals surface area contributed by atoms with Crippen LogP contribution in [0.4, 0.5) is 17.6 Å². The van der Waals surface area contributed by atoms with Crippen molar-refractivity contribution >= 4 is 5.91 Å². The Bertz CT molecular complexity index is 495. The van der Waals surface area contributed by atoms with E-state index in [-0.39, 0.29) is 5.92 Å². The molecule has 2 rings (SSSR count). The number of halogens is 4. The van der Waals surface area contributed by atoms with Crippen molar-refractivity contribution in [2.24, 2.45) is 11.7 Å². The SMILES string of the molecule is NCC1CN(C(=O)c2cccc(C(F)(F)F)c2F)C1. The predicted molar refractivity (Wildman–Crippen MR) is 59.8 cm³/mol. The molecule has 1 saturated heterocycles. The van der Waals surface area contributed by atoms with E-state index in [9.17, 15) is 22.4 Å². The summed E-state index contributed by atoms with van der Waals surface area (Å²) in [5, 5.41) is 0. The van der Waals surface area contributed by atoms with E-state index in [1.807, 2.05) is 0 Å². The first-order valence-electron chi connectivity index (χ1n) is 5.69. The maximum absolute atomic E-state index is 13.7. The summed E-state index contributed by atoms with van der Waals surface area (Å²) in [7, 11) is 0. The van der Waals surface area contributed by atoms with Gasteiger partial charge in [0.2, 0.25) is 0 Å². The van der Waals surface area contributed by atoms with E-state index in [1.54, 1.807) is 0 Å². The molecule has 19 heavy (non-hydrogen) atoms. The first-order chi connectivity index (χ1) is 8.84. The molecule has 1 amide bonds. The summed E-state index contributed by atoms with van der Waals surface area (Å²) in [6, 6.07) is 2.70. The van der Waals surface area contributed by atoms with Crippen LogP contribution in [0.2, 0.25) is 0 Å². The fourth-order valence-electron chi connectivity index (χ4n) is 1.97. The van der Waals surface area contributed by atoms with Gasteiger partial charge in [-0.05, 0) is 18.7 Å². The molecular weight excluding hydrogens is 264 g/mol. The van der Waals surface area contributed by atoms with E-state index in [2.05, 4.69) is 0 Å². The summed E-state index contributed by atoms with van der Waals surface area (Å²) < 4.78 is 51.3. The van der Waals surface area contributed by atoms with Crippen LogP contribution in [0.15, 0.2) is 18.2 Å². The van der Waals surface area contributed by atoms with Gasteiger partial charge in [0.05, 0.1) is 11.1 Å². The van der Waals surface area contributed by atoms with E-state index >= 15 is 0 Å². The summed E-state index contributed by atoms with van der Waals surface area (Å²) in [6.45, 7) is 1.10. The highest BCUT2D eigenvalue weighted by Gasteiger charge is 2.37. The van der Waals surface area contributed by atoms with Crippen LogP contribution in [-0.2, 0) is 6.18 Å². The van der Waals surface area contributed by atoms with E-state index in [0.717, 1.165) is 12.1 Å². The fraction of sp³-hybridized carbons (Fsp3) is 0.417. The molecule has 0 aliphatic carbocycles. The third kappa shape index (κ3) is 2.56. The Kier molecular flexibility index (Phi) is 3.49. The third-order valence-corrected chi connectivity index (χ3v) is 3.11. The molecule has 1 aliphatic rings. The fourth-order valence-corrected chi connectivity index (χ4v) is 1.97. The van der Waals surface area contributed by atoms with Gasteiger partial charge < -0.3 is 10.6 Å². The summed E-state index contributed by atoms with van der Waals surface area (Å²) >= 11 is 0. The average molecular weight is 276 g/mol. The minimum atomic E-state index is -4.81. The molecular formula is C12H12F4N2O. The topological polar surface area (TPSA) is 46.3 Å². The van der Waals surface area contributed by atoms with Gasteiger partial charge in [-0.15, -0.1) is 0 Å². The van der Waals surface area contributed by atoms with Crippen LogP contribution in [0.3, 0.4) is 0 Å². The van der Waals surface area contributed by atoms with Crippen molar-refractivity contribution in [3.05, 3.63) is 35.1 Å². The molecule has 0 spiro atoms. The first kappa shape index (κ1) is 13.8. The molecule has 1 aliphatic heterocycles. The second-order valence-electron chi connectivity index (χ2n) is 4.48. The minimum absolute atomic E-state index is 0.137. The van der Waals surface area contributed by atoms with Crippen LogP contribution in [0.5, 0.6) is 0 Å². The number of likely N-dealkylation sites (tertiary alicyclic amines) is 1. The zero-order chi connectivity index (χ0) is 14.2. The highest BCUT2D eigenvalue weighted by Crippen LogP contribution is 2.33. The summed E-state index contributed by atoms with van der Waals surface area (Å²) in [5.41, 5.74) is 3.41. The van der Waals surface area contributed by atoms with E-state index in [1.165, 1.54) is 4.90 Å². The molecule has 1 fully saturated rings. The summed E-state index contributed by atoms with van der Waals surface area (Å²) in [4.78, 5) is 13.2. The van der Waals surface area contributed by atoms with Gasteiger partial charge in [0, 0.05) is 19.0 Å². The third-order valence-electron chi connectivity index (χ3n) is 3.11. The number of rotatable bonds is 2. The molecule has 104 valence electrons. The van der Waals surface area contributed by atoms with Crippen molar-refractivity contribution in [3.63, 3.8) is 0 Å². The quantitative estimate of drug-likeness (QED) is 0.838. The predicted octanol–water partition coefficient (Wildman–Crippen LogP) is 1.88. The maximum Gasteiger partial charge on any atom is 0.419 e. The maximum atomic E-state index is 13.7. The number of amides is 1. The van der Waals surface area contributed by atoms with Crippen LogP contribution in [0.1, 0.15) is 15.9 Å². The summed E-state index contributed by atoms with van der Waals surface area (Å²) in [6.07, 6.45) is -4.81. The lowest BCUT2D eigenvalue weighted by Crippen LogP contribution is -2.52. The number of hydrogen-bond acceptors (Lipinski definition) is 2. The van der Waals surface area contributed by atoms with Crippen LogP contribution < -0.4 is 5.73 Å². The Morgan fingerprint density at radius 1 is 1.37 bits per heavy atom. The highest BCUT2D eigenvalue weighted by atomic mass is 19.4. The number of carbonyl (C=O) groups is 1. The van der Waals surface area contributed by atoms with Crippen molar-refractivity contribution in [2.45, 2.75) is 6.18 Å². The van der Waals surface area contributed by atoms with Crippen molar-refractivity contribution in [1.29, 1.82) is 0 Å². The number of nitrogens with zero attached hydrogens (tertiary/aromatic N) is 1. The van der Waals surface area contributed by atoms with Crippen LogP contribution in [0.25, 0.3) is 0 Å². The molecule has 1 heterocycles. The smallest absolute Gasteiger partial charge is 0.338 e. The molecule has 0 bridgehead atoms. The summed E-state index contributed by atoms with van der Waals surface area (Å²) in [5.74, 6) is -2.11. The van der Waals surface area contributed by atoms with Crippen molar-refractivity contribution in [1.82, 2.24) is 4.90 Å². The number of carbonyl (C=O) groups excluding carboxylic acids is 1. The van der Waals surface area contributed by atoms with E-state index in [4.69, 9.17) is 5.73 Å². The lowest BCUT2D eigenvalue weighted by atomic mass is 9.98. The van der Waals surface area contributed by atoms with E-state index in [0.29, 0.717) is 25.7 Å². The molecule has 3 nitrogen and oxygen atoms in total. The Balaban J connectivity index is 2.24. The molecule has 0 saturated carbocycles. The Hall–Kier alpha value is -1.63. The van der Waals surface area contributed by atoms with Crippen molar-refractivity contribution < 1.29 is 22.4 Å². The monoisotopic (exact) mass is 276 g/mol. The van der Waals surface area contributed by atoms with E-state index < -0.39 is 29.0 Å². The van der Waals surface area contributed by atoms with Gasteiger partial charge in [0.25, 0.3) is 5.91 Å². The van der Waals surface area contributed by atoms with Crippen LogP contribution in [-0.4, -0.2) is 30.4 Å². The second-order valence-corrected chi connectivity index (χ2v) is 4.48. The molecule has 0 radical (unpaired) electrons. The van der Waals surface area contributed by atoms with Crippen LogP contribution >= 0.6 is 0 Å². The number of alkyl halides is 3. The van der Waals surface area contributed by atoms with Crippen LogP contribution in [0, 0.1) is 11.7 Å². The number of benzene rings is 1. The molecule has 2 N–H and O–H groups in total. The minimum Gasteiger partial charge on any atom is -0.338 e.